The van der Waals surface area contributed by atoms with Crippen molar-refractivity contribution >= 4 is 12.0 Å². The smallest absolute Gasteiger partial charge is 0.244 e. The summed E-state index contributed by atoms with van der Waals surface area (Å²) >= 11 is 0. The molecule has 2 aromatic carbocycles. The van der Waals surface area contributed by atoms with Gasteiger partial charge in [0.15, 0.2) is 0 Å². The van der Waals surface area contributed by atoms with Crippen LogP contribution in [0.2, 0.25) is 0 Å². The molecule has 0 unspecified atom stereocenters. The Morgan fingerprint density at radius 2 is 1.78 bits per heavy atom. The topological polar surface area (TPSA) is 41.6 Å². The van der Waals surface area contributed by atoms with Gasteiger partial charge in [0.25, 0.3) is 0 Å². The first-order chi connectivity index (χ1) is 13.1. The summed E-state index contributed by atoms with van der Waals surface area (Å²) in [6.07, 6.45) is 3.47. The van der Waals surface area contributed by atoms with Crippen molar-refractivity contribution < 1.29 is 9.53 Å². The van der Waals surface area contributed by atoms with Gasteiger partial charge in [-0.2, -0.15) is 0 Å². The Kier molecular flexibility index (Phi) is 6.80. The molecule has 0 aliphatic carbocycles. The average molecular weight is 364 g/mol. The second-order valence-electron chi connectivity index (χ2n) is 7.12. The minimum absolute atomic E-state index is 0.0765. The fourth-order valence-electron chi connectivity index (χ4n) is 3.21. The molecule has 1 aliphatic rings. The normalized spacial score (nSPS) is 15.2. The second kappa shape index (κ2) is 9.49. The lowest BCUT2D eigenvalue weighted by atomic mass is 10.1. The van der Waals surface area contributed by atoms with Crippen molar-refractivity contribution in [1.29, 1.82) is 0 Å². The highest BCUT2D eigenvalue weighted by molar-refractivity contribution is 5.91. The molecule has 2 aromatic rings. The van der Waals surface area contributed by atoms with Crippen LogP contribution in [0.3, 0.4) is 0 Å². The molecule has 1 amide bonds. The number of nitrogens with one attached hydrogen (secondary N) is 1. The number of ether oxygens (including phenoxy) is 1. The number of nitrogens with zero attached hydrogens (tertiary/aromatic N) is 1. The van der Waals surface area contributed by atoms with Crippen molar-refractivity contribution in [2.75, 3.05) is 26.3 Å². The van der Waals surface area contributed by atoms with Gasteiger partial charge in [-0.25, -0.2) is 0 Å². The van der Waals surface area contributed by atoms with Crippen molar-refractivity contribution in [3.63, 3.8) is 0 Å². The van der Waals surface area contributed by atoms with E-state index < -0.39 is 0 Å². The van der Waals surface area contributed by atoms with Crippen molar-refractivity contribution in [2.45, 2.75) is 26.9 Å². The van der Waals surface area contributed by atoms with Crippen molar-refractivity contribution in [3.05, 3.63) is 76.4 Å². The second-order valence-corrected chi connectivity index (χ2v) is 7.12. The van der Waals surface area contributed by atoms with E-state index in [1.807, 2.05) is 12.1 Å². The lowest BCUT2D eigenvalue weighted by Crippen LogP contribution is -2.35. The standard InChI is InChI=1S/C23H28N2O2/c1-18-3-8-22(19(2)15-18)9-10-23(26)24-16-20-4-6-21(7-5-20)17-25-11-13-27-14-12-25/h3-10,15H,11-14,16-17H2,1-2H3,(H,24,26). The van der Waals surface area contributed by atoms with Crippen LogP contribution in [0, 0.1) is 13.8 Å². The highest BCUT2D eigenvalue weighted by Crippen LogP contribution is 2.12. The van der Waals surface area contributed by atoms with E-state index in [4.69, 9.17) is 4.74 Å². The monoisotopic (exact) mass is 364 g/mol. The first-order valence-corrected chi connectivity index (χ1v) is 9.51. The van der Waals surface area contributed by atoms with Crippen LogP contribution in [0.5, 0.6) is 0 Å². The highest BCUT2D eigenvalue weighted by Gasteiger charge is 2.10. The quantitative estimate of drug-likeness (QED) is 0.798. The Balaban J connectivity index is 1.47. The third kappa shape index (κ3) is 6.05. The van der Waals surface area contributed by atoms with Crippen LogP contribution >= 0.6 is 0 Å². The minimum Gasteiger partial charge on any atom is -0.379 e. The molecule has 0 saturated carbocycles. The van der Waals surface area contributed by atoms with Gasteiger partial charge in [-0.15, -0.1) is 0 Å². The molecule has 0 atom stereocenters. The molecule has 1 saturated heterocycles. The molecule has 0 aromatic heterocycles. The summed E-state index contributed by atoms with van der Waals surface area (Å²) in [7, 11) is 0. The largest absolute Gasteiger partial charge is 0.379 e. The third-order valence-electron chi connectivity index (χ3n) is 4.84. The number of carbonyl (C=O) groups excluding carboxylic acids is 1. The molecule has 1 heterocycles. The van der Waals surface area contributed by atoms with Gasteiger partial charge in [0.2, 0.25) is 5.91 Å². The highest BCUT2D eigenvalue weighted by atomic mass is 16.5. The number of benzene rings is 2. The molecule has 0 spiro atoms. The molecule has 1 fully saturated rings. The summed E-state index contributed by atoms with van der Waals surface area (Å²) < 4.78 is 5.38. The van der Waals surface area contributed by atoms with Crippen LogP contribution in [0.25, 0.3) is 6.08 Å². The SMILES string of the molecule is Cc1ccc(C=CC(=O)NCc2ccc(CN3CCOCC3)cc2)c(C)c1. The number of rotatable bonds is 6. The Morgan fingerprint density at radius 1 is 1.07 bits per heavy atom. The summed E-state index contributed by atoms with van der Waals surface area (Å²) in [5.41, 5.74) is 5.88. The van der Waals surface area contributed by atoms with Crippen LogP contribution in [-0.4, -0.2) is 37.1 Å². The summed E-state index contributed by atoms with van der Waals surface area (Å²) in [5.74, 6) is -0.0765. The lowest BCUT2D eigenvalue weighted by molar-refractivity contribution is -0.116. The summed E-state index contributed by atoms with van der Waals surface area (Å²) in [6.45, 7) is 9.24. The van der Waals surface area contributed by atoms with Crippen LogP contribution < -0.4 is 5.32 Å². The van der Waals surface area contributed by atoms with Crippen molar-refractivity contribution in [2.24, 2.45) is 0 Å². The minimum atomic E-state index is -0.0765. The number of hydrogen-bond acceptors (Lipinski definition) is 3. The lowest BCUT2D eigenvalue weighted by Gasteiger charge is -2.26. The third-order valence-corrected chi connectivity index (χ3v) is 4.84. The van der Waals surface area contributed by atoms with E-state index in [9.17, 15) is 4.79 Å². The number of hydrogen-bond donors (Lipinski definition) is 1. The van der Waals surface area contributed by atoms with Gasteiger partial charge < -0.3 is 10.1 Å². The number of amides is 1. The molecule has 4 heteroatoms. The van der Waals surface area contributed by atoms with Gasteiger partial charge in [-0.1, -0.05) is 48.0 Å². The molecule has 4 nitrogen and oxygen atoms in total. The zero-order chi connectivity index (χ0) is 19.1. The molecular weight excluding hydrogens is 336 g/mol. The molecular formula is C23H28N2O2. The zero-order valence-corrected chi connectivity index (χ0v) is 16.2. The average Bonchev–Trinajstić information content (AvgIpc) is 2.67. The summed E-state index contributed by atoms with van der Waals surface area (Å²) in [4.78, 5) is 14.5. The molecule has 3 rings (SSSR count). The number of aryl methyl sites for hydroxylation is 2. The van der Waals surface area contributed by atoms with E-state index in [0.29, 0.717) is 6.54 Å². The van der Waals surface area contributed by atoms with Crippen LogP contribution in [0.4, 0.5) is 0 Å². The Bertz CT molecular complexity index is 791. The van der Waals surface area contributed by atoms with Crippen LogP contribution in [0.1, 0.15) is 27.8 Å². The Hall–Kier alpha value is -2.43. The summed E-state index contributed by atoms with van der Waals surface area (Å²) in [6, 6.07) is 14.7. The fourth-order valence-corrected chi connectivity index (χ4v) is 3.21. The molecule has 27 heavy (non-hydrogen) atoms. The van der Waals surface area contributed by atoms with Gasteiger partial charge in [0.05, 0.1) is 13.2 Å². The van der Waals surface area contributed by atoms with E-state index in [1.165, 1.54) is 16.7 Å². The first kappa shape index (κ1) is 19.3. The Morgan fingerprint density at radius 3 is 2.48 bits per heavy atom. The van der Waals surface area contributed by atoms with Gasteiger partial charge in [-0.05, 0) is 42.2 Å². The van der Waals surface area contributed by atoms with Crippen molar-refractivity contribution in [1.82, 2.24) is 10.2 Å². The van der Waals surface area contributed by atoms with Crippen molar-refractivity contribution in [3.8, 4) is 0 Å². The van der Waals surface area contributed by atoms with E-state index in [-0.39, 0.29) is 5.91 Å². The molecule has 1 aliphatic heterocycles. The summed E-state index contributed by atoms with van der Waals surface area (Å²) in [5, 5.41) is 2.95. The van der Waals surface area contributed by atoms with E-state index in [2.05, 4.69) is 60.5 Å². The first-order valence-electron chi connectivity index (χ1n) is 9.51. The van der Waals surface area contributed by atoms with Gasteiger partial charge >= 0.3 is 0 Å². The molecule has 0 radical (unpaired) electrons. The maximum atomic E-state index is 12.1. The predicted octanol–water partition coefficient (Wildman–Crippen LogP) is 3.47. The van der Waals surface area contributed by atoms with Gasteiger partial charge in [-0.3, -0.25) is 9.69 Å². The van der Waals surface area contributed by atoms with Crippen LogP contribution in [-0.2, 0) is 22.6 Å². The Labute approximate surface area is 161 Å². The van der Waals surface area contributed by atoms with E-state index >= 15 is 0 Å². The maximum absolute atomic E-state index is 12.1. The van der Waals surface area contributed by atoms with E-state index in [0.717, 1.165) is 44.0 Å². The van der Waals surface area contributed by atoms with Gasteiger partial charge in [0, 0.05) is 32.3 Å². The maximum Gasteiger partial charge on any atom is 0.244 e. The van der Waals surface area contributed by atoms with Crippen LogP contribution in [0.15, 0.2) is 48.5 Å². The predicted molar refractivity (Wildman–Crippen MR) is 109 cm³/mol. The molecule has 142 valence electrons. The fraction of sp³-hybridized carbons (Fsp3) is 0.348. The number of carbonyl (C=O) groups is 1. The van der Waals surface area contributed by atoms with Gasteiger partial charge in [0.1, 0.15) is 0 Å². The van der Waals surface area contributed by atoms with E-state index in [1.54, 1.807) is 6.08 Å². The number of morpholine rings is 1. The molecule has 1 N–H and O–H groups in total. The zero-order valence-electron chi connectivity index (χ0n) is 16.2. The molecule has 0 bridgehead atoms.